The molecule has 0 radical (unpaired) electrons. The molecule has 2 rings (SSSR count). The van der Waals surface area contributed by atoms with Crippen molar-refractivity contribution in [3.63, 3.8) is 0 Å². The molecule has 160 valence electrons. The number of aliphatic carboxylic acids is 1. The minimum absolute atomic E-state index is 0. The molecular weight excluding hydrogens is 427 g/mol. The molecule has 30 heavy (non-hydrogen) atoms. The molecule has 0 aliphatic carbocycles. The Morgan fingerprint density at radius 1 is 1.03 bits per heavy atom. The summed E-state index contributed by atoms with van der Waals surface area (Å²) in [5.74, 6) is 3.90. The van der Waals surface area contributed by atoms with Gasteiger partial charge in [-0.2, -0.15) is 23.5 Å². The topological polar surface area (TPSA) is 65.5 Å². The predicted octanol–water partition coefficient (Wildman–Crippen LogP) is 0.456. The molecule has 0 spiro atoms. The minimum Gasteiger partial charge on any atom is -0.546 e. The molecule has 0 atom stereocenters. The van der Waals surface area contributed by atoms with Crippen molar-refractivity contribution in [2.45, 2.75) is 33.2 Å². The Hall–Kier alpha value is -0.440. The maximum Gasteiger partial charge on any atom is 1.00 e. The molecule has 0 unspecified atom stereocenters. The second-order valence-corrected chi connectivity index (χ2v) is 9.24. The SMILES string of the molecule is CCCSCCN(CCSCCC)Cc1ccc2cccc(OCC(=O)[O-])c2n1.[Na+]. The number of aromatic nitrogens is 1. The zero-order valence-electron chi connectivity index (χ0n) is 18.4. The van der Waals surface area contributed by atoms with Gasteiger partial charge in [0.15, 0.2) is 0 Å². The fraction of sp³-hybridized carbons (Fsp3) is 0.545. The van der Waals surface area contributed by atoms with Crippen LogP contribution in [-0.2, 0) is 11.3 Å². The van der Waals surface area contributed by atoms with E-state index in [-0.39, 0.29) is 29.6 Å². The van der Waals surface area contributed by atoms with Crippen LogP contribution in [-0.4, -0.2) is 58.6 Å². The number of carbonyl (C=O) groups excluding carboxylic acids is 1. The van der Waals surface area contributed by atoms with E-state index in [0.717, 1.165) is 42.2 Å². The number of pyridine rings is 1. The van der Waals surface area contributed by atoms with Crippen molar-refractivity contribution < 1.29 is 44.2 Å². The molecule has 0 fully saturated rings. The summed E-state index contributed by atoms with van der Waals surface area (Å²) < 4.78 is 5.38. The molecule has 0 bridgehead atoms. The van der Waals surface area contributed by atoms with Crippen LogP contribution in [0.5, 0.6) is 5.75 Å². The maximum atomic E-state index is 10.7. The van der Waals surface area contributed by atoms with Crippen molar-refractivity contribution in [1.29, 1.82) is 0 Å². The first-order valence-electron chi connectivity index (χ1n) is 10.2. The summed E-state index contributed by atoms with van der Waals surface area (Å²) in [5, 5.41) is 11.7. The van der Waals surface area contributed by atoms with Gasteiger partial charge < -0.3 is 14.6 Å². The second kappa shape index (κ2) is 16.2. The predicted molar refractivity (Wildman–Crippen MR) is 123 cm³/mol. The Kier molecular flexibility index (Phi) is 14.9. The van der Waals surface area contributed by atoms with Crippen molar-refractivity contribution in [1.82, 2.24) is 9.88 Å². The number of thioether (sulfide) groups is 2. The number of carboxylic acids is 1. The Labute approximate surface area is 211 Å². The van der Waals surface area contributed by atoms with Gasteiger partial charge in [-0.25, -0.2) is 4.98 Å². The summed E-state index contributed by atoms with van der Waals surface area (Å²) in [5.41, 5.74) is 1.68. The van der Waals surface area contributed by atoms with Crippen molar-refractivity contribution in [3.05, 3.63) is 36.0 Å². The van der Waals surface area contributed by atoms with E-state index in [1.165, 1.54) is 24.3 Å². The van der Waals surface area contributed by atoms with E-state index in [2.05, 4.69) is 24.8 Å². The van der Waals surface area contributed by atoms with Crippen LogP contribution < -0.4 is 39.4 Å². The number of benzene rings is 1. The second-order valence-electron chi connectivity index (χ2n) is 6.79. The van der Waals surface area contributed by atoms with Gasteiger partial charge in [0.05, 0.1) is 11.7 Å². The summed E-state index contributed by atoms with van der Waals surface area (Å²) in [6, 6.07) is 9.63. The van der Waals surface area contributed by atoms with E-state index in [0.29, 0.717) is 11.3 Å². The molecule has 1 aromatic carbocycles. The molecule has 0 saturated carbocycles. The molecule has 5 nitrogen and oxygen atoms in total. The molecule has 0 amide bonds. The molecule has 1 heterocycles. The van der Waals surface area contributed by atoms with Crippen LogP contribution in [0.1, 0.15) is 32.4 Å². The first-order valence-corrected chi connectivity index (χ1v) is 12.5. The van der Waals surface area contributed by atoms with Crippen LogP contribution in [0.2, 0.25) is 0 Å². The van der Waals surface area contributed by atoms with Gasteiger partial charge in [-0.1, -0.05) is 32.0 Å². The molecule has 0 N–H and O–H groups in total. The van der Waals surface area contributed by atoms with E-state index < -0.39 is 12.6 Å². The van der Waals surface area contributed by atoms with E-state index >= 15 is 0 Å². The first kappa shape index (κ1) is 27.6. The van der Waals surface area contributed by atoms with Crippen molar-refractivity contribution >= 4 is 40.4 Å². The van der Waals surface area contributed by atoms with E-state index in [9.17, 15) is 9.90 Å². The molecule has 0 saturated heterocycles. The maximum absolute atomic E-state index is 10.7. The fourth-order valence-electron chi connectivity index (χ4n) is 2.88. The van der Waals surface area contributed by atoms with Gasteiger partial charge in [-0.05, 0) is 36.5 Å². The summed E-state index contributed by atoms with van der Waals surface area (Å²) in [7, 11) is 0. The van der Waals surface area contributed by atoms with E-state index in [1.54, 1.807) is 6.07 Å². The van der Waals surface area contributed by atoms with Gasteiger partial charge in [0.1, 0.15) is 17.9 Å². The Balaban J connectivity index is 0.00000450. The third-order valence-corrected chi connectivity index (χ3v) is 6.61. The Morgan fingerprint density at radius 2 is 1.70 bits per heavy atom. The monoisotopic (exact) mass is 458 g/mol. The summed E-state index contributed by atoms with van der Waals surface area (Å²) in [4.78, 5) is 18.0. The molecule has 8 heteroatoms. The third-order valence-electron chi connectivity index (χ3n) is 4.27. The minimum atomic E-state index is -1.24. The Bertz CT molecular complexity index is 752. The first-order chi connectivity index (χ1) is 14.1. The van der Waals surface area contributed by atoms with E-state index in [4.69, 9.17) is 9.72 Å². The van der Waals surface area contributed by atoms with Gasteiger partial charge in [-0.15, -0.1) is 0 Å². The van der Waals surface area contributed by atoms with Gasteiger partial charge in [-0.3, -0.25) is 4.90 Å². The van der Waals surface area contributed by atoms with Crippen LogP contribution in [0.4, 0.5) is 0 Å². The zero-order chi connectivity index (χ0) is 20.9. The van der Waals surface area contributed by atoms with Gasteiger partial charge >= 0.3 is 29.6 Å². The molecule has 0 aliphatic heterocycles. The summed E-state index contributed by atoms with van der Waals surface area (Å²) in [6.07, 6.45) is 2.41. The number of carbonyl (C=O) groups is 1. The number of fused-ring (bicyclic) bond motifs is 1. The number of para-hydroxylation sites is 1. The van der Waals surface area contributed by atoms with Gasteiger partial charge in [0.2, 0.25) is 0 Å². The normalized spacial score (nSPS) is 10.9. The average molecular weight is 459 g/mol. The number of rotatable bonds is 15. The standard InChI is InChI=1S/C22H32N2O3S2.Na/c1-3-12-28-14-10-24(11-15-29-13-4-2)16-19-9-8-18-6-5-7-20(22(18)23-19)27-17-21(25)26;/h5-9H,3-4,10-17H2,1-2H3,(H,25,26);/q;+1/p-1. The number of hydrogen-bond donors (Lipinski definition) is 0. The van der Waals surface area contributed by atoms with Crippen molar-refractivity contribution in [2.24, 2.45) is 0 Å². The molecule has 1 aromatic heterocycles. The molecule has 0 aliphatic rings. The van der Waals surface area contributed by atoms with Gasteiger partial charge in [0, 0.05) is 36.5 Å². The average Bonchev–Trinajstić information content (AvgIpc) is 2.72. The van der Waals surface area contributed by atoms with Crippen LogP contribution >= 0.6 is 23.5 Å². The van der Waals surface area contributed by atoms with Crippen LogP contribution in [0.3, 0.4) is 0 Å². The van der Waals surface area contributed by atoms with E-state index in [1.807, 2.05) is 41.7 Å². The third kappa shape index (κ3) is 10.2. The molecular formula is C22H31N2NaO3S2. The largest absolute Gasteiger partial charge is 1.00 e. The van der Waals surface area contributed by atoms with Crippen LogP contribution in [0.15, 0.2) is 30.3 Å². The Morgan fingerprint density at radius 3 is 2.30 bits per heavy atom. The van der Waals surface area contributed by atoms with Gasteiger partial charge in [0.25, 0.3) is 0 Å². The summed E-state index contributed by atoms with van der Waals surface area (Å²) >= 11 is 4.00. The van der Waals surface area contributed by atoms with Crippen LogP contribution in [0, 0.1) is 0 Å². The van der Waals surface area contributed by atoms with Crippen molar-refractivity contribution in [2.75, 3.05) is 42.7 Å². The van der Waals surface area contributed by atoms with Crippen LogP contribution in [0.25, 0.3) is 10.9 Å². The smallest absolute Gasteiger partial charge is 0.546 e. The summed E-state index contributed by atoms with van der Waals surface area (Å²) in [6.45, 7) is 6.82. The number of hydrogen-bond acceptors (Lipinski definition) is 7. The molecule has 2 aromatic rings. The zero-order valence-corrected chi connectivity index (χ0v) is 22.0. The van der Waals surface area contributed by atoms with Crippen molar-refractivity contribution in [3.8, 4) is 5.75 Å². The number of nitrogens with zero attached hydrogens (tertiary/aromatic N) is 2. The fourth-order valence-corrected chi connectivity index (χ4v) is 4.64. The number of ether oxygens (including phenoxy) is 1. The number of carboxylic acid groups (broad SMARTS) is 1. The quantitative estimate of drug-likeness (QED) is 0.284.